The van der Waals surface area contributed by atoms with Crippen LogP contribution in [0, 0.1) is 18.4 Å². The highest BCUT2D eigenvalue weighted by Gasteiger charge is 2.19. The normalized spacial score (nSPS) is 10.6. The summed E-state index contributed by atoms with van der Waals surface area (Å²) >= 11 is 3.07. The van der Waals surface area contributed by atoms with Crippen LogP contribution in [0.1, 0.15) is 15.9 Å². The van der Waals surface area contributed by atoms with Crippen molar-refractivity contribution in [3.8, 4) is 6.19 Å². The lowest BCUT2D eigenvalue weighted by Crippen LogP contribution is -2.19. The third-order valence-corrected chi connectivity index (χ3v) is 4.08. The predicted molar refractivity (Wildman–Crippen MR) is 61.8 cm³/mol. The van der Waals surface area contributed by atoms with E-state index in [0.717, 1.165) is 6.07 Å². The standard InChI is InChI=1S/C9H7BrN2O4S/c1-5-7(9(13)14)2-6(3-8(5)10)17(15,16)12-4-11/h2-3,12H,1H3,(H,13,14). The van der Waals surface area contributed by atoms with Crippen LogP contribution in [0.4, 0.5) is 0 Å². The van der Waals surface area contributed by atoms with Crippen molar-refractivity contribution >= 4 is 31.9 Å². The Morgan fingerprint density at radius 2 is 2.12 bits per heavy atom. The van der Waals surface area contributed by atoms with Crippen molar-refractivity contribution in [1.29, 1.82) is 5.26 Å². The second-order valence-electron chi connectivity index (χ2n) is 3.10. The average molecular weight is 319 g/mol. The Morgan fingerprint density at radius 1 is 1.53 bits per heavy atom. The SMILES string of the molecule is Cc1c(Br)cc(S(=O)(=O)NC#N)cc1C(=O)O. The highest BCUT2D eigenvalue weighted by molar-refractivity contribution is 9.10. The summed E-state index contributed by atoms with van der Waals surface area (Å²) < 4.78 is 25.0. The number of carboxylic acids is 1. The van der Waals surface area contributed by atoms with Crippen molar-refractivity contribution in [3.63, 3.8) is 0 Å². The number of sulfonamides is 1. The van der Waals surface area contributed by atoms with Crippen molar-refractivity contribution in [3.05, 3.63) is 27.7 Å². The summed E-state index contributed by atoms with van der Waals surface area (Å²) in [5.41, 5.74) is 0.270. The van der Waals surface area contributed by atoms with Crippen LogP contribution in [0.15, 0.2) is 21.5 Å². The third kappa shape index (κ3) is 2.75. The van der Waals surface area contributed by atoms with E-state index < -0.39 is 16.0 Å². The van der Waals surface area contributed by atoms with Gasteiger partial charge in [0.1, 0.15) is 0 Å². The van der Waals surface area contributed by atoms with Gasteiger partial charge in [-0.05, 0) is 24.6 Å². The number of rotatable bonds is 3. The molecule has 8 heteroatoms. The first-order valence-corrected chi connectivity index (χ1v) is 6.51. The van der Waals surface area contributed by atoms with Crippen LogP contribution in [-0.2, 0) is 10.0 Å². The van der Waals surface area contributed by atoms with Gasteiger partial charge in [-0.1, -0.05) is 15.9 Å². The quantitative estimate of drug-likeness (QED) is 0.643. The fourth-order valence-corrected chi connectivity index (χ4v) is 2.55. The molecule has 6 nitrogen and oxygen atoms in total. The highest BCUT2D eigenvalue weighted by atomic mass is 79.9. The van der Waals surface area contributed by atoms with Crippen molar-refractivity contribution in [2.75, 3.05) is 0 Å². The van der Waals surface area contributed by atoms with E-state index in [1.807, 2.05) is 0 Å². The molecule has 0 aliphatic carbocycles. The van der Waals surface area contributed by atoms with Crippen LogP contribution in [0.2, 0.25) is 0 Å². The van der Waals surface area contributed by atoms with E-state index in [2.05, 4.69) is 15.9 Å². The van der Waals surface area contributed by atoms with E-state index in [1.165, 1.54) is 12.3 Å². The molecule has 0 amide bonds. The number of nitrogens with one attached hydrogen (secondary N) is 1. The van der Waals surface area contributed by atoms with Crippen LogP contribution < -0.4 is 4.72 Å². The number of benzene rings is 1. The number of hydrogen-bond donors (Lipinski definition) is 2. The molecular weight excluding hydrogens is 312 g/mol. The molecule has 0 radical (unpaired) electrons. The number of carboxylic acid groups (broad SMARTS) is 1. The third-order valence-electron chi connectivity index (χ3n) is 2.04. The molecule has 0 aliphatic rings. The largest absolute Gasteiger partial charge is 0.478 e. The molecule has 1 aromatic rings. The van der Waals surface area contributed by atoms with E-state index in [9.17, 15) is 13.2 Å². The number of aromatic carboxylic acids is 1. The zero-order valence-electron chi connectivity index (χ0n) is 8.56. The van der Waals surface area contributed by atoms with E-state index >= 15 is 0 Å². The lowest BCUT2D eigenvalue weighted by atomic mass is 10.1. The smallest absolute Gasteiger partial charge is 0.336 e. The number of hydrogen-bond acceptors (Lipinski definition) is 4. The zero-order chi connectivity index (χ0) is 13.2. The molecule has 1 aromatic carbocycles. The Morgan fingerprint density at radius 3 is 2.59 bits per heavy atom. The summed E-state index contributed by atoms with van der Waals surface area (Å²) in [6.45, 7) is 1.54. The van der Waals surface area contributed by atoms with E-state index in [4.69, 9.17) is 10.4 Å². The van der Waals surface area contributed by atoms with Gasteiger partial charge in [-0.2, -0.15) is 5.26 Å². The Balaban J connectivity index is 3.50. The Kier molecular flexibility index (Phi) is 3.75. The highest BCUT2D eigenvalue weighted by Crippen LogP contribution is 2.24. The molecule has 0 fully saturated rings. The maximum Gasteiger partial charge on any atom is 0.336 e. The number of halogens is 1. The molecule has 0 bridgehead atoms. The number of carbonyl (C=O) groups is 1. The van der Waals surface area contributed by atoms with Gasteiger partial charge in [-0.25, -0.2) is 17.9 Å². The Hall–Kier alpha value is -1.59. The van der Waals surface area contributed by atoms with Crippen molar-refractivity contribution in [1.82, 2.24) is 4.72 Å². The second kappa shape index (κ2) is 4.73. The van der Waals surface area contributed by atoms with Gasteiger partial charge in [0.15, 0.2) is 6.19 Å². The lowest BCUT2D eigenvalue weighted by molar-refractivity contribution is 0.0695. The number of nitriles is 1. The molecule has 0 saturated carbocycles. The van der Waals surface area contributed by atoms with E-state index in [0.29, 0.717) is 10.0 Å². The topological polar surface area (TPSA) is 107 Å². The summed E-state index contributed by atoms with van der Waals surface area (Å²) in [6, 6.07) is 2.24. The summed E-state index contributed by atoms with van der Waals surface area (Å²) in [7, 11) is -4.01. The summed E-state index contributed by atoms with van der Waals surface area (Å²) in [6.07, 6.45) is 1.29. The molecule has 0 heterocycles. The van der Waals surface area contributed by atoms with Gasteiger partial charge in [-0.15, -0.1) is 0 Å². The second-order valence-corrected chi connectivity index (χ2v) is 5.64. The minimum absolute atomic E-state index is 0.141. The molecule has 0 aliphatic heterocycles. The van der Waals surface area contributed by atoms with Crippen LogP contribution in [0.5, 0.6) is 0 Å². The zero-order valence-corrected chi connectivity index (χ0v) is 11.0. The number of nitrogens with zero attached hydrogens (tertiary/aromatic N) is 1. The van der Waals surface area contributed by atoms with Crippen molar-refractivity contribution < 1.29 is 18.3 Å². The molecule has 1 rings (SSSR count). The van der Waals surface area contributed by atoms with E-state index in [-0.39, 0.29) is 10.5 Å². The summed E-state index contributed by atoms with van der Waals surface area (Å²) in [5.74, 6) is -1.24. The fraction of sp³-hybridized carbons (Fsp3) is 0.111. The molecule has 0 saturated heterocycles. The maximum absolute atomic E-state index is 11.5. The Bertz CT molecular complexity index is 619. The van der Waals surface area contributed by atoms with Gasteiger partial charge >= 0.3 is 5.97 Å². The first-order valence-electron chi connectivity index (χ1n) is 4.24. The molecule has 0 unspecified atom stereocenters. The van der Waals surface area contributed by atoms with E-state index in [1.54, 1.807) is 11.6 Å². The molecule has 0 aromatic heterocycles. The van der Waals surface area contributed by atoms with Gasteiger partial charge in [0.2, 0.25) is 0 Å². The van der Waals surface area contributed by atoms with Gasteiger partial charge in [0.25, 0.3) is 10.0 Å². The van der Waals surface area contributed by atoms with Gasteiger partial charge in [0, 0.05) is 4.47 Å². The van der Waals surface area contributed by atoms with Crippen molar-refractivity contribution in [2.45, 2.75) is 11.8 Å². The first-order chi connectivity index (χ1) is 7.79. The van der Waals surface area contributed by atoms with Gasteiger partial charge in [0.05, 0.1) is 10.5 Å². The lowest BCUT2D eigenvalue weighted by Gasteiger charge is -2.07. The minimum Gasteiger partial charge on any atom is -0.478 e. The van der Waals surface area contributed by atoms with Crippen LogP contribution in [-0.4, -0.2) is 19.5 Å². The van der Waals surface area contributed by atoms with Crippen LogP contribution >= 0.6 is 15.9 Å². The molecule has 90 valence electrons. The molecular formula is C9H7BrN2O4S. The monoisotopic (exact) mass is 318 g/mol. The summed E-state index contributed by atoms with van der Waals surface area (Å²) in [4.78, 5) is 10.6. The maximum atomic E-state index is 11.5. The summed E-state index contributed by atoms with van der Waals surface area (Å²) in [5, 5.41) is 17.2. The van der Waals surface area contributed by atoms with Crippen LogP contribution in [0.3, 0.4) is 0 Å². The van der Waals surface area contributed by atoms with Crippen LogP contribution in [0.25, 0.3) is 0 Å². The first kappa shape index (κ1) is 13.5. The molecule has 0 atom stereocenters. The minimum atomic E-state index is -4.01. The fourth-order valence-electron chi connectivity index (χ4n) is 1.15. The van der Waals surface area contributed by atoms with Gasteiger partial charge < -0.3 is 5.11 Å². The molecule has 17 heavy (non-hydrogen) atoms. The molecule has 0 spiro atoms. The predicted octanol–water partition coefficient (Wildman–Crippen LogP) is 1.22. The van der Waals surface area contributed by atoms with Crippen molar-refractivity contribution in [2.24, 2.45) is 0 Å². The molecule has 2 N–H and O–H groups in total. The Labute approximate surface area is 106 Å². The van der Waals surface area contributed by atoms with Gasteiger partial charge in [-0.3, -0.25) is 0 Å². The average Bonchev–Trinajstić information content (AvgIpc) is 2.21.